The second-order valence-electron chi connectivity index (χ2n) is 3.02. The summed E-state index contributed by atoms with van der Waals surface area (Å²) in [4.78, 5) is 0. The number of ether oxygens (including phenoxy) is 2. The summed E-state index contributed by atoms with van der Waals surface area (Å²) in [5.74, 6) is 0. The Morgan fingerprint density at radius 1 is 1.62 bits per heavy atom. The second-order valence-corrected chi connectivity index (χ2v) is 3.02. The van der Waals surface area contributed by atoms with Gasteiger partial charge in [-0.3, -0.25) is 0 Å². The second kappa shape index (κ2) is 4.32. The van der Waals surface area contributed by atoms with E-state index in [4.69, 9.17) is 20.3 Å². The minimum atomic E-state index is -1.09. The van der Waals surface area contributed by atoms with Gasteiger partial charge in [-0.05, 0) is 0 Å². The predicted octanol–water partition coefficient (Wildman–Crippen LogP) is -2.60. The molecule has 1 heterocycles. The first-order valence-corrected chi connectivity index (χ1v) is 4.02. The molecule has 0 bridgehead atoms. The molecule has 1 rings (SSSR count). The predicted molar refractivity (Wildman–Crippen MR) is 42.7 cm³/mol. The van der Waals surface area contributed by atoms with Crippen LogP contribution in [0.4, 0.5) is 0 Å². The Morgan fingerprint density at radius 2 is 2.23 bits per heavy atom. The van der Waals surface area contributed by atoms with Crippen molar-refractivity contribution >= 4 is 0 Å². The van der Waals surface area contributed by atoms with Gasteiger partial charge >= 0.3 is 0 Å². The average Bonchev–Trinajstić information content (AvgIpc) is 2.43. The van der Waals surface area contributed by atoms with E-state index in [2.05, 4.69) is 0 Å². The molecule has 1 aliphatic heterocycles. The lowest BCUT2D eigenvalue weighted by atomic mass is 10.0. The Morgan fingerprint density at radius 3 is 2.62 bits per heavy atom. The standard InChI is InChI=1S/C7H15NO5/c1-12-7-5(11)4(8)6(13-7)3(10)2-9/h3-7,9-11H,2,8H2,1H3/t3-,4+,5-,6-,7-/m1/s1. The van der Waals surface area contributed by atoms with Gasteiger partial charge in [-0.1, -0.05) is 0 Å². The third-order valence-corrected chi connectivity index (χ3v) is 2.14. The van der Waals surface area contributed by atoms with Crippen LogP contribution in [0.15, 0.2) is 0 Å². The van der Waals surface area contributed by atoms with Crippen LogP contribution >= 0.6 is 0 Å². The zero-order valence-electron chi connectivity index (χ0n) is 7.33. The van der Waals surface area contributed by atoms with Crippen molar-refractivity contribution in [1.82, 2.24) is 0 Å². The van der Waals surface area contributed by atoms with E-state index in [1.807, 2.05) is 0 Å². The van der Waals surface area contributed by atoms with Gasteiger partial charge in [0.15, 0.2) is 6.29 Å². The maximum absolute atomic E-state index is 9.40. The van der Waals surface area contributed by atoms with Gasteiger partial charge in [0.25, 0.3) is 0 Å². The van der Waals surface area contributed by atoms with Crippen molar-refractivity contribution in [2.75, 3.05) is 13.7 Å². The summed E-state index contributed by atoms with van der Waals surface area (Å²) >= 11 is 0. The Bertz CT molecular complexity index is 167. The molecule has 0 unspecified atom stereocenters. The number of hydrogen-bond donors (Lipinski definition) is 4. The van der Waals surface area contributed by atoms with Gasteiger partial charge in [0, 0.05) is 7.11 Å². The van der Waals surface area contributed by atoms with Gasteiger partial charge in [0.1, 0.15) is 18.3 Å². The monoisotopic (exact) mass is 193 g/mol. The molecule has 5 atom stereocenters. The highest BCUT2D eigenvalue weighted by molar-refractivity contribution is 4.93. The average molecular weight is 193 g/mol. The molecule has 6 nitrogen and oxygen atoms in total. The molecule has 5 N–H and O–H groups in total. The minimum Gasteiger partial charge on any atom is -0.394 e. The number of aliphatic hydroxyl groups excluding tert-OH is 3. The van der Waals surface area contributed by atoms with E-state index in [9.17, 15) is 10.2 Å². The molecular formula is C7H15NO5. The fraction of sp³-hybridized carbons (Fsp3) is 1.00. The quantitative estimate of drug-likeness (QED) is 0.391. The lowest BCUT2D eigenvalue weighted by Gasteiger charge is -2.19. The molecule has 0 saturated carbocycles. The molecule has 78 valence electrons. The van der Waals surface area contributed by atoms with Crippen molar-refractivity contribution < 1.29 is 24.8 Å². The van der Waals surface area contributed by atoms with Crippen molar-refractivity contribution in [3.63, 3.8) is 0 Å². The van der Waals surface area contributed by atoms with Gasteiger partial charge in [-0.15, -0.1) is 0 Å². The fourth-order valence-electron chi connectivity index (χ4n) is 1.35. The molecule has 6 heteroatoms. The third kappa shape index (κ3) is 1.98. The maximum atomic E-state index is 9.40. The Balaban J connectivity index is 2.60. The number of hydrogen-bond acceptors (Lipinski definition) is 6. The van der Waals surface area contributed by atoms with Gasteiger partial charge in [-0.25, -0.2) is 0 Å². The smallest absolute Gasteiger partial charge is 0.185 e. The van der Waals surface area contributed by atoms with Crippen molar-refractivity contribution in [3.8, 4) is 0 Å². The van der Waals surface area contributed by atoms with Crippen molar-refractivity contribution in [1.29, 1.82) is 0 Å². The topological polar surface area (TPSA) is 105 Å². The van der Waals surface area contributed by atoms with Crippen molar-refractivity contribution in [2.24, 2.45) is 5.73 Å². The third-order valence-electron chi connectivity index (χ3n) is 2.14. The first kappa shape index (κ1) is 10.8. The maximum Gasteiger partial charge on any atom is 0.185 e. The lowest BCUT2D eigenvalue weighted by molar-refractivity contribution is -0.166. The molecule has 0 amide bonds. The van der Waals surface area contributed by atoms with E-state index in [1.54, 1.807) is 0 Å². The molecule has 13 heavy (non-hydrogen) atoms. The van der Waals surface area contributed by atoms with E-state index in [-0.39, 0.29) is 0 Å². The van der Waals surface area contributed by atoms with Crippen LogP contribution in [0, 0.1) is 0 Å². The van der Waals surface area contributed by atoms with Crippen molar-refractivity contribution in [2.45, 2.75) is 30.6 Å². The highest BCUT2D eigenvalue weighted by Crippen LogP contribution is 2.22. The van der Waals surface area contributed by atoms with Crippen LogP contribution in [0.5, 0.6) is 0 Å². The van der Waals surface area contributed by atoms with Crippen molar-refractivity contribution in [3.05, 3.63) is 0 Å². The molecule has 0 radical (unpaired) electrons. The van der Waals surface area contributed by atoms with E-state index >= 15 is 0 Å². The molecule has 0 aliphatic carbocycles. The summed E-state index contributed by atoms with van der Waals surface area (Å²) in [6, 6.07) is -0.743. The van der Waals surface area contributed by atoms with Crippen LogP contribution in [0.3, 0.4) is 0 Å². The molecule has 0 aromatic carbocycles. The van der Waals surface area contributed by atoms with Gasteiger partial charge in [0.2, 0.25) is 0 Å². The highest BCUT2D eigenvalue weighted by atomic mass is 16.7. The van der Waals surface area contributed by atoms with Gasteiger partial charge in [0.05, 0.1) is 12.6 Å². The van der Waals surface area contributed by atoms with Crippen LogP contribution in [0.1, 0.15) is 0 Å². The molecule has 1 fully saturated rings. The van der Waals surface area contributed by atoms with Crippen LogP contribution < -0.4 is 5.73 Å². The number of nitrogens with two attached hydrogens (primary N) is 1. The first-order chi connectivity index (χ1) is 6.11. The zero-order chi connectivity index (χ0) is 10.0. The molecule has 0 aromatic rings. The normalized spacial score (nSPS) is 42.2. The van der Waals surface area contributed by atoms with E-state index in [0.29, 0.717) is 0 Å². The largest absolute Gasteiger partial charge is 0.394 e. The van der Waals surface area contributed by atoms with E-state index in [0.717, 1.165) is 0 Å². The molecular weight excluding hydrogens is 178 g/mol. The SMILES string of the molecule is CO[C@@H]1O[C@H]([C@H](O)CO)[C@@H](N)[C@H]1O. The van der Waals surface area contributed by atoms with Gasteiger partial charge < -0.3 is 30.5 Å². The Labute approximate surface area is 75.9 Å². The van der Waals surface area contributed by atoms with E-state index < -0.39 is 37.3 Å². The molecule has 0 aromatic heterocycles. The summed E-state index contributed by atoms with van der Waals surface area (Å²) in [5.41, 5.74) is 5.54. The van der Waals surface area contributed by atoms with Crippen LogP contribution in [0.25, 0.3) is 0 Å². The summed E-state index contributed by atoms with van der Waals surface area (Å²) in [6.45, 7) is -0.457. The Kier molecular flexibility index (Phi) is 3.60. The minimum absolute atomic E-state index is 0.457. The lowest BCUT2D eigenvalue weighted by Crippen LogP contribution is -2.46. The highest BCUT2D eigenvalue weighted by Gasteiger charge is 2.44. The fourth-order valence-corrected chi connectivity index (χ4v) is 1.35. The van der Waals surface area contributed by atoms with Crippen LogP contribution in [-0.4, -0.2) is 59.7 Å². The molecule has 0 spiro atoms. The number of rotatable bonds is 3. The molecule has 1 aliphatic rings. The summed E-state index contributed by atoms with van der Waals surface area (Å²) in [6.07, 6.45) is -3.69. The number of methoxy groups -OCH3 is 1. The first-order valence-electron chi connectivity index (χ1n) is 4.02. The van der Waals surface area contributed by atoms with Crippen LogP contribution in [-0.2, 0) is 9.47 Å². The number of aliphatic hydroxyl groups is 3. The van der Waals surface area contributed by atoms with E-state index in [1.165, 1.54) is 7.11 Å². The summed E-state index contributed by atoms with van der Waals surface area (Å²) in [7, 11) is 1.37. The Hall–Kier alpha value is -0.240. The van der Waals surface area contributed by atoms with Gasteiger partial charge in [-0.2, -0.15) is 0 Å². The summed E-state index contributed by atoms with van der Waals surface area (Å²) < 4.78 is 9.85. The van der Waals surface area contributed by atoms with Crippen LogP contribution in [0.2, 0.25) is 0 Å². The zero-order valence-corrected chi connectivity index (χ0v) is 7.33. The summed E-state index contributed by atoms with van der Waals surface area (Å²) in [5, 5.41) is 27.3. The molecule has 1 saturated heterocycles.